The van der Waals surface area contributed by atoms with E-state index < -0.39 is 0 Å². The Balaban J connectivity index is 1.46. The predicted molar refractivity (Wildman–Crippen MR) is 123 cm³/mol. The van der Waals surface area contributed by atoms with Crippen LogP contribution in [0.2, 0.25) is 5.02 Å². The number of halogens is 1. The monoisotopic (exact) mass is 471 g/mol. The minimum absolute atomic E-state index is 0.0110. The molecule has 1 saturated heterocycles. The standard InChI is InChI=1S/C24H26ClN3O5/c25-18-9-7-17(8-10-18)13-27(14-22(29)26-12-19-4-3-11-32-19)23(30)15-28-20-5-1-2-6-21(20)33-16-24(28)31/h1-2,5-10,19H,3-4,11-16H2,(H,26,29). The number of hydrogen-bond acceptors (Lipinski definition) is 5. The number of benzene rings is 2. The third-order valence-electron chi connectivity index (χ3n) is 5.63. The van der Waals surface area contributed by atoms with Gasteiger partial charge in [0, 0.05) is 24.7 Å². The summed E-state index contributed by atoms with van der Waals surface area (Å²) in [5.74, 6) is -0.386. The van der Waals surface area contributed by atoms with Crippen molar-refractivity contribution in [1.29, 1.82) is 0 Å². The lowest BCUT2D eigenvalue weighted by Crippen LogP contribution is -2.49. The van der Waals surface area contributed by atoms with E-state index in [9.17, 15) is 14.4 Å². The van der Waals surface area contributed by atoms with E-state index in [1.807, 2.05) is 12.1 Å². The van der Waals surface area contributed by atoms with Crippen LogP contribution in [0.1, 0.15) is 18.4 Å². The lowest BCUT2D eigenvalue weighted by atomic mass is 10.2. The first-order valence-corrected chi connectivity index (χ1v) is 11.3. The van der Waals surface area contributed by atoms with E-state index >= 15 is 0 Å². The molecule has 1 unspecified atom stereocenters. The van der Waals surface area contributed by atoms with Gasteiger partial charge in [0.2, 0.25) is 11.8 Å². The lowest BCUT2D eigenvalue weighted by Gasteiger charge is -2.31. The minimum atomic E-state index is -0.345. The quantitative estimate of drug-likeness (QED) is 0.638. The fraction of sp³-hybridized carbons (Fsp3) is 0.375. The second-order valence-corrected chi connectivity index (χ2v) is 8.49. The summed E-state index contributed by atoms with van der Waals surface area (Å²) in [5, 5.41) is 3.44. The largest absolute Gasteiger partial charge is 0.482 e. The molecule has 1 N–H and O–H groups in total. The van der Waals surface area contributed by atoms with Crippen LogP contribution in [0.25, 0.3) is 0 Å². The van der Waals surface area contributed by atoms with Gasteiger partial charge in [-0.25, -0.2) is 0 Å². The van der Waals surface area contributed by atoms with Gasteiger partial charge in [-0.05, 0) is 42.7 Å². The molecule has 0 saturated carbocycles. The van der Waals surface area contributed by atoms with Crippen LogP contribution in [-0.2, 0) is 25.7 Å². The highest BCUT2D eigenvalue weighted by molar-refractivity contribution is 6.30. The van der Waals surface area contributed by atoms with Crippen LogP contribution >= 0.6 is 11.6 Å². The first-order valence-electron chi connectivity index (χ1n) is 10.9. The summed E-state index contributed by atoms with van der Waals surface area (Å²) in [4.78, 5) is 41.3. The van der Waals surface area contributed by atoms with E-state index in [0.717, 1.165) is 18.4 Å². The summed E-state index contributed by atoms with van der Waals surface area (Å²) in [7, 11) is 0. The Hall–Kier alpha value is -3.10. The average Bonchev–Trinajstić information content (AvgIpc) is 3.34. The molecule has 8 nitrogen and oxygen atoms in total. The molecule has 2 aliphatic heterocycles. The van der Waals surface area contributed by atoms with Gasteiger partial charge in [-0.15, -0.1) is 0 Å². The number of amides is 3. The smallest absolute Gasteiger partial charge is 0.265 e. The summed E-state index contributed by atoms with van der Waals surface area (Å²) in [5.41, 5.74) is 1.37. The molecule has 1 atom stereocenters. The van der Waals surface area contributed by atoms with Crippen LogP contribution < -0.4 is 15.0 Å². The van der Waals surface area contributed by atoms with Crippen molar-refractivity contribution < 1.29 is 23.9 Å². The van der Waals surface area contributed by atoms with Crippen molar-refractivity contribution in [1.82, 2.24) is 10.2 Å². The summed E-state index contributed by atoms with van der Waals surface area (Å²) >= 11 is 5.98. The molecule has 0 spiro atoms. The van der Waals surface area contributed by atoms with Crippen molar-refractivity contribution in [2.45, 2.75) is 25.5 Å². The van der Waals surface area contributed by atoms with E-state index in [1.165, 1.54) is 9.80 Å². The van der Waals surface area contributed by atoms with Crippen LogP contribution in [0.15, 0.2) is 48.5 Å². The summed E-state index contributed by atoms with van der Waals surface area (Å²) in [6.07, 6.45) is 1.90. The van der Waals surface area contributed by atoms with Crippen LogP contribution in [0, 0.1) is 0 Å². The molecular formula is C24H26ClN3O5. The Bertz CT molecular complexity index is 1010. The highest BCUT2D eigenvalue weighted by Gasteiger charge is 2.29. The molecule has 3 amide bonds. The van der Waals surface area contributed by atoms with Crippen LogP contribution in [0.4, 0.5) is 5.69 Å². The zero-order valence-electron chi connectivity index (χ0n) is 18.2. The second kappa shape index (κ2) is 10.7. The SMILES string of the molecule is O=C(CN(Cc1ccc(Cl)cc1)C(=O)CN1C(=O)COc2ccccc21)NCC1CCCO1. The van der Waals surface area contributed by atoms with Gasteiger partial charge in [0.1, 0.15) is 12.3 Å². The number of hydrogen-bond donors (Lipinski definition) is 1. The van der Waals surface area contributed by atoms with Crippen LogP contribution in [-0.4, -0.2) is 61.6 Å². The summed E-state index contributed by atoms with van der Waals surface area (Å²) in [6.45, 7) is 0.876. The maximum atomic E-state index is 13.3. The highest BCUT2D eigenvalue weighted by atomic mass is 35.5. The molecule has 0 bridgehead atoms. The van der Waals surface area contributed by atoms with Gasteiger partial charge in [-0.2, -0.15) is 0 Å². The van der Waals surface area contributed by atoms with Crippen LogP contribution in [0.3, 0.4) is 0 Å². The average molecular weight is 472 g/mol. The minimum Gasteiger partial charge on any atom is -0.482 e. The van der Waals surface area contributed by atoms with E-state index in [2.05, 4.69) is 5.32 Å². The molecule has 2 aromatic rings. The maximum Gasteiger partial charge on any atom is 0.265 e. The number of ether oxygens (including phenoxy) is 2. The first-order chi connectivity index (χ1) is 16.0. The van der Waals surface area contributed by atoms with E-state index in [-0.39, 0.29) is 50.1 Å². The normalized spacial score (nSPS) is 17.3. The Labute approximate surface area is 197 Å². The van der Waals surface area contributed by atoms with Crippen LogP contribution in [0.5, 0.6) is 5.75 Å². The molecule has 0 radical (unpaired) electrons. The number of para-hydroxylation sites is 2. The molecule has 2 aromatic carbocycles. The number of carbonyl (C=O) groups excluding carboxylic acids is 3. The molecule has 174 valence electrons. The number of fused-ring (bicyclic) bond motifs is 1. The maximum absolute atomic E-state index is 13.3. The molecule has 1 fully saturated rings. The molecule has 2 heterocycles. The van der Waals surface area contributed by atoms with Crippen molar-refractivity contribution in [2.75, 3.05) is 37.7 Å². The molecular weight excluding hydrogens is 446 g/mol. The number of carbonyl (C=O) groups is 3. The van der Waals surface area contributed by atoms with Gasteiger partial charge in [0.25, 0.3) is 5.91 Å². The molecule has 0 aromatic heterocycles. The Morgan fingerprint density at radius 3 is 2.70 bits per heavy atom. The molecule has 4 rings (SSSR count). The Morgan fingerprint density at radius 2 is 1.94 bits per heavy atom. The van der Waals surface area contributed by atoms with E-state index in [0.29, 0.717) is 29.6 Å². The number of nitrogens with zero attached hydrogens (tertiary/aromatic N) is 2. The second-order valence-electron chi connectivity index (χ2n) is 8.05. The van der Waals surface area contributed by atoms with E-state index in [4.69, 9.17) is 21.1 Å². The zero-order chi connectivity index (χ0) is 23.2. The van der Waals surface area contributed by atoms with Gasteiger partial charge in [-0.3, -0.25) is 19.3 Å². The summed E-state index contributed by atoms with van der Waals surface area (Å²) < 4.78 is 11.0. The zero-order valence-corrected chi connectivity index (χ0v) is 18.9. The van der Waals surface area contributed by atoms with Gasteiger partial charge in [0.05, 0.1) is 18.3 Å². The number of anilines is 1. The Kier molecular flexibility index (Phi) is 7.47. The third-order valence-corrected chi connectivity index (χ3v) is 5.88. The lowest BCUT2D eigenvalue weighted by molar-refractivity contribution is -0.136. The fourth-order valence-corrected chi connectivity index (χ4v) is 3.99. The van der Waals surface area contributed by atoms with Crippen molar-refractivity contribution in [3.05, 3.63) is 59.1 Å². The van der Waals surface area contributed by atoms with Gasteiger partial charge >= 0.3 is 0 Å². The van der Waals surface area contributed by atoms with Crippen molar-refractivity contribution in [2.24, 2.45) is 0 Å². The predicted octanol–water partition coefficient (Wildman–Crippen LogP) is 2.39. The topological polar surface area (TPSA) is 88.2 Å². The highest BCUT2D eigenvalue weighted by Crippen LogP contribution is 2.31. The molecule has 2 aliphatic rings. The summed E-state index contributed by atoms with van der Waals surface area (Å²) in [6, 6.07) is 14.2. The van der Waals surface area contributed by atoms with Crippen molar-refractivity contribution >= 4 is 35.0 Å². The third kappa shape index (κ3) is 6.03. The molecule has 33 heavy (non-hydrogen) atoms. The number of nitrogens with one attached hydrogen (secondary N) is 1. The molecule has 0 aliphatic carbocycles. The number of rotatable bonds is 8. The van der Waals surface area contributed by atoms with Gasteiger partial charge in [0.15, 0.2) is 6.61 Å². The van der Waals surface area contributed by atoms with Gasteiger partial charge in [-0.1, -0.05) is 35.9 Å². The Morgan fingerprint density at radius 1 is 1.15 bits per heavy atom. The van der Waals surface area contributed by atoms with Crippen molar-refractivity contribution in [3.63, 3.8) is 0 Å². The fourth-order valence-electron chi connectivity index (χ4n) is 3.87. The van der Waals surface area contributed by atoms with Crippen molar-refractivity contribution in [3.8, 4) is 5.75 Å². The van der Waals surface area contributed by atoms with Gasteiger partial charge < -0.3 is 19.7 Å². The molecule has 9 heteroatoms. The first kappa shape index (κ1) is 23.1. The van der Waals surface area contributed by atoms with E-state index in [1.54, 1.807) is 36.4 Å².